The molecule has 0 saturated carbocycles. The van der Waals surface area contributed by atoms with Crippen LogP contribution >= 0.6 is 0 Å². The van der Waals surface area contributed by atoms with Gasteiger partial charge in [-0.2, -0.15) is 0 Å². The summed E-state index contributed by atoms with van der Waals surface area (Å²) in [5.74, 6) is 4.47. The van der Waals surface area contributed by atoms with E-state index in [4.69, 9.17) is 4.42 Å². The summed E-state index contributed by atoms with van der Waals surface area (Å²) in [4.78, 5) is 6.54. The maximum atomic E-state index is 5.73. The largest absolute Gasteiger partial charge is 0.465 e. The number of hydrogen-bond donors (Lipinski definition) is 0. The minimum absolute atomic E-state index is 0.416. The molecular formula is C18H24N6O. The van der Waals surface area contributed by atoms with E-state index in [1.54, 1.807) is 6.20 Å². The lowest BCUT2D eigenvalue weighted by Crippen LogP contribution is -2.34. The lowest BCUT2D eigenvalue weighted by atomic mass is 9.97. The third kappa shape index (κ3) is 3.51. The molecule has 4 heterocycles. The molecule has 0 unspecified atom stereocenters. The molecule has 0 radical (unpaired) electrons. The highest BCUT2D eigenvalue weighted by Gasteiger charge is 2.26. The van der Waals surface area contributed by atoms with Crippen molar-refractivity contribution >= 4 is 0 Å². The van der Waals surface area contributed by atoms with E-state index >= 15 is 0 Å². The predicted molar refractivity (Wildman–Crippen MR) is 93.0 cm³/mol. The Bertz CT molecular complexity index is 819. The Labute approximate surface area is 147 Å². The van der Waals surface area contributed by atoms with Gasteiger partial charge in [-0.3, -0.25) is 4.90 Å². The van der Waals surface area contributed by atoms with Crippen LogP contribution in [-0.4, -0.2) is 42.3 Å². The molecule has 0 aliphatic carbocycles. The van der Waals surface area contributed by atoms with Gasteiger partial charge in [-0.05, 0) is 38.4 Å². The highest BCUT2D eigenvalue weighted by atomic mass is 16.3. The standard InChI is InChI=1S/C18H24N6O/c1-14-5-6-16(25-14)11-23-8-3-4-15(10-23)18-21-20-17(22(18)2)12-24-9-7-19-13-24/h5-7,9,13,15H,3-4,8,10-12H2,1-2H3/t15-/m0/s1. The Kier molecular flexibility index (Phi) is 4.40. The summed E-state index contributed by atoms with van der Waals surface area (Å²) >= 11 is 0. The van der Waals surface area contributed by atoms with Crippen LogP contribution in [0.4, 0.5) is 0 Å². The SMILES string of the molecule is Cc1ccc(CN2CCC[C@H](c3nnc(Cn4ccnc4)n3C)C2)o1. The summed E-state index contributed by atoms with van der Waals surface area (Å²) in [7, 11) is 2.07. The molecule has 1 saturated heterocycles. The Morgan fingerprint density at radius 2 is 2.16 bits per heavy atom. The first kappa shape index (κ1) is 16.1. The molecule has 132 valence electrons. The fourth-order valence-electron chi connectivity index (χ4n) is 3.61. The zero-order chi connectivity index (χ0) is 17.2. The summed E-state index contributed by atoms with van der Waals surface area (Å²) < 4.78 is 9.89. The van der Waals surface area contributed by atoms with Crippen molar-refractivity contribution in [1.82, 2.24) is 29.2 Å². The minimum atomic E-state index is 0.416. The molecule has 1 atom stereocenters. The maximum absolute atomic E-state index is 5.73. The van der Waals surface area contributed by atoms with Gasteiger partial charge in [0.05, 0.1) is 19.4 Å². The molecule has 0 amide bonds. The van der Waals surface area contributed by atoms with Gasteiger partial charge in [-0.25, -0.2) is 4.98 Å². The molecular weight excluding hydrogens is 316 g/mol. The topological polar surface area (TPSA) is 64.9 Å². The normalized spacial score (nSPS) is 18.7. The van der Waals surface area contributed by atoms with Crippen LogP contribution in [0.2, 0.25) is 0 Å². The third-order valence-corrected chi connectivity index (χ3v) is 4.93. The van der Waals surface area contributed by atoms with Crippen LogP contribution < -0.4 is 0 Å². The van der Waals surface area contributed by atoms with Crippen molar-refractivity contribution in [3.63, 3.8) is 0 Å². The first-order chi connectivity index (χ1) is 12.2. The van der Waals surface area contributed by atoms with Crippen LogP contribution in [0.5, 0.6) is 0 Å². The quantitative estimate of drug-likeness (QED) is 0.713. The Hall–Kier alpha value is -2.41. The lowest BCUT2D eigenvalue weighted by Gasteiger charge is -2.31. The summed E-state index contributed by atoms with van der Waals surface area (Å²) in [6.45, 7) is 5.66. The third-order valence-electron chi connectivity index (χ3n) is 4.93. The second-order valence-corrected chi connectivity index (χ2v) is 6.86. The summed E-state index contributed by atoms with van der Waals surface area (Å²) in [5.41, 5.74) is 0. The molecule has 0 aromatic carbocycles. The van der Waals surface area contributed by atoms with E-state index in [9.17, 15) is 0 Å². The van der Waals surface area contributed by atoms with Crippen molar-refractivity contribution in [2.24, 2.45) is 7.05 Å². The first-order valence-electron chi connectivity index (χ1n) is 8.80. The zero-order valence-electron chi connectivity index (χ0n) is 14.8. The average molecular weight is 340 g/mol. The maximum Gasteiger partial charge on any atom is 0.152 e. The molecule has 1 fully saturated rings. The number of hydrogen-bond acceptors (Lipinski definition) is 5. The summed E-state index contributed by atoms with van der Waals surface area (Å²) in [6, 6.07) is 4.10. The summed E-state index contributed by atoms with van der Waals surface area (Å²) in [6.07, 6.45) is 7.87. The lowest BCUT2D eigenvalue weighted by molar-refractivity contribution is 0.181. The highest BCUT2D eigenvalue weighted by Crippen LogP contribution is 2.27. The molecule has 1 aliphatic rings. The van der Waals surface area contributed by atoms with Gasteiger partial charge in [0.1, 0.15) is 17.3 Å². The van der Waals surface area contributed by atoms with E-state index in [2.05, 4.69) is 37.8 Å². The molecule has 1 aliphatic heterocycles. The minimum Gasteiger partial charge on any atom is -0.465 e. The van der Waals surface area contributed by atoms with Gasteiger partial charge in [-0.1, -0.05) is 0 Å². The van der Waals surface area contributed by atoms with Crippen LogP contribution in [0.25, 0.3) is 0 Å². The van der Waals surface area contributed by atoms with Crippen LogP contribution in [-0.2, 0) is 20.1 Å². The van der Waals surface area contributed by atoms with Crippen LogP contribution in [0, 0.1) is 6.92 Å². The van der Waals surface area contributed by atoms with Gasteiger partial charge in [0, 0.05) is 31.9 Å². The molecule has 25 heavy (non-hydrogen) atoms. The number of nitrogens with zero attached hydrogens (tertiary/aromatic N) is 6. The number of aryl methyl sites for hydroxylation is 1. The number of rotatable bonds is 5. The number of furan rings is 1. The molecule has 7 nitrogen and oxygen atoms in total. The molecule has 0 bridgehead atoms. The molecule has 0 N–H and O–H groups in total. The van der Waals surface area contributed by atoms with E-state index in [1.165, 1.54) is 6.42 Å². The zero-order valence-corrected chi connectivity index (χ0v) is 14.8. The Morgan fingerprint density at radius 3 is 2.92 bits per heavy atom. The van der Waals surface area contributed by atoms with Crippen LogP contribution in [0.3, 0.4) is 0 Å². The predicted octanol–water partition coefficient (Wildman–Crippen LogP) is 2.34. The molecule has 7 heteroatoms. The van der Waals surface area contributed by atoms with Crippen LogP contribution in [0.1, 0.15) is 41.9 Å². The van der Waals surface area contributed by atoms with Gasteiger partial charge in [0.2, 0.25) is 0 Å². The summed E-state index contributed by atoms with van der Waals surface area (Å²) in [5, 5.41) is 8.90. The van der Waals surface area contributed by atoms with E-state index in [1.807, 2.05) is 30.1 Å². The van der Waals surface area contributed by atoms with Crippen molar-refractivity contribution in [3.05, 3.63) is 54.0 Å². The second kappa shape index (κ2) is 6.84. The fraction of sp³-hybridized carbons (Fsp3) is 0.500. The Morgan fingerprint density at radius 1 is 1.24 bits per heavy atom. The number of piperidine rings is 1. The van der Waals surface area contributed by atoms with E-state index in [0.29, 0.717) is 12.5 Å². The van der Waals surface area contributed by atoms with Crippen molar-refractivity contribution < 1.29 is 4.42 Å². The van der Waals surface area contributed by atoms with E-state index in [-0.39, 0.29) is 0 Å². The highest BCUT2D eigenvalue weighted by molar-refractivity contribution is 5.07. The molecule has 3 aromatic rings. The average Bonchev–Trinajstić information content (AvgIpc) is 3.33. The van der Waals surface area contributed by atoms with Gasteiger partial charge in [0.25, 0.3) is 0 Å². The molecule has 4 rings (SSSR count). The first-order valence-corrected chi connectivity index (χ1v) is 8.80. The Balaban J connectivity index is 1.45. The fourth-order valence-corrected chi connectivity index (χ4v) is 3.61. The van der Waals surface area contributed by atoms with Crippen molar-refractivity contribution in [3.8, 4) is 0 Å². The van der Waals surface area contributed by atoms with Gasteiger partial charge in [-0.15, -0.1) is 10.2 Å². The van der Waals surface area contributed by atoms with Crippen molar-refractivity contribution in [2.75, 3.05) is 13.1 Å². The molecule has 3 aromatic heterocycles. The van der Waals surface area contributed by atoms with Crippen molar-refractivity contribution in [2.45, 2.75) is 38.8 Å². The second-order valence-electron chi connectivity index (χ2n) is 6.86. The van der Waals surface area contributed by atoms with Gasteiger partial charge >= 0.3 is 0 Å². The number of imidazole rings is 1. The smallest absolute Gasteiger partial charge is 0.152 e. The van der Waals surface area contributed by atoms with Gasteiger partial charge in [0.15, 0.2) is 5.82 Å². The number of aromatic nitrogens is 5. The van der Waals surface area contributed by atoms with Crippen LogP contribution in [0.15, 0.2) is 35.3 Å². The van der Waals surface area contributed by atoms with Crippen molar-refractivity contribution in [1.29, 1.82) is 0 Å². The van der Waals surface area contributed by atoms with E-state index < -0.39 is 0 Å². The number of likely N-dealkylation sites (tertiary alicyclic amines) is 1. The monoisotopic (exact) mass is 340 g/mol. The molecule has 0 spiro atoms. The van der Waals surface area contributed by atoms with Gasteiger partial charge < -0.3 is 13.6 Å². The van der Waals surface area contributed by atoms with E-state index in [0.717, 1.165) is 49.2 Å².